The lowest BCUT2D eigenvalue weighted by atomic mass is 9.96. The third kappa shape index (κ3) is 7.08. The molecule has 8 heteroatoms. The van der Waals surface area contributed by atoms with Gasteiger partial charge < -0.3 is 20.1 Å². The molecule has 160 valence electrons. The van der Waals surface area contributed by atoms with Crippen LogP contribution in [0.1, 0.15) is 25.3 Å². The molecule has 0 bridgehead atoms. The van der Waals surface area contributed by atoms with E-state index in [0.29, 0.717) is 12.5 Å². The number of hydrogen-bond donors (Lipinski definition) is 2. The number of likely N-dealkylation sites (tertiary alicyclic amines) is 1. The van der Waals surface area contributed by atoms with Crippen LogP contribution in [0.3, 0.4) is 0 Å². The van der Waals surface area contributed by atoms with Gasteiger partial charge in [-0.2, -0.15) is 0 Å². The van der Waals surface area contributed by atoms with Crippen LogP contribution < -0.4 is 15.4 Å². The van der Waals surface area contributed by atoms with E-state index in [1.807, 2.05) is 19.1 Å². The maximum absolute atomic E-state index is 12.3. The van der Waals surface area contributed by atoms with Crippen molar-refractivity contribution in [2.24, 2.45) is 5.92 Å². The van der Waals surface area contributed by atoms with Crippen LogP contribution in [0.2, 0.25) is 0 Å². The Morgan fingerprint density at radius 2 is 1.93 bits per heavy atom. The Labute approximate surface area is 180 Å². The Hall–Kier alpha value is -1.05. The largest absolute Gasteiger partial charge is 0.497 e. The molecule has 2 N–H and O–H groups in total. The number of piperidine rings is 1. The summed E-state index contributed by atoms with van der Waals surface area (Å²) in [4.78, 5) is 14.8. The number of nitrogens with zero attached hydrogens (tertiary/aromatic N) is 1. The molecule has 1 amide bonds. The monoisotopic (exact) mass is 433 g/mol. The Kier molecular flexibility index (Phi) is 11.2. The molecule has 2 fully saturated rings. The van der Waals surface area contributed by atoms with Gasteiger partial charge in [-0.25, -0.2) is 0 Å². The van der Waals surface area contributed by atoms with Crippen LogP contribution in [0, 0.1) is 5.92 Å². The van der Waals surface area contributed by atoms with Crippen LogP contribution in [0.15, 0.2) is 24.3 Å². The standard InChI is InChI=1S/C20H31N3O3.2ClH/c1-15-19(21-9-12-26-15)20(24)22-13-16-7-10-23(11-8-16)14-17-3-5-18(25-2)6-4-17;;/h3-6,15-16,19,21H,7-14H2,1-2H3,(H,22,24);2*1H/t15-,19+;;/m1../s1. The molecule has 1 aromatic carbocycles. The number of morpholine rings is 1. The molecule has 2 aliphatic rings. The Bertz CT molecular complexity index is 581. The second-order valence-corrected chi connectivity index (χ2v) is 7.32. The van der Waals surface area contributed by atoms with Gasteiger partial charge in [0.2, 0.25) is 5.91 Å². The molecule has 2 heterocycles. The van der Waals surface area contributed by atoms with E-state index in [0.717, 1.165) is 51.3 Å². The summed E-state index contributed by atoms with van der Waals surface area (Å²) in [6.45, 7) is 7.27. The fraction of sp³-hybridized carbons (Fsp3) is 0.650. The molecule has 28 heavy (non-hydrogen) atoms. The van der Waals surface area contributed by atoms with Crippen molar-refractivity contribution in [3.63, 3.8) is 0 Å². The fourth-order valence-corrected chi connectivity index (χ4v) is 3.72. The predicted octanol–water partition coefficient (Wildman–Crippen LogP) is 2.24. The maximum atomic E-state index is 12.3. The van der Waals surface area contributed by atoms with Crippen molar-refractivity contribution in [2.75, 3.05) is 39.9 Å². The van der Waals surface area contributed by atoms with Crippen molar-refractivity contribution in [3.8, 4) is 5.75 Å². The van der Waals surface area contributed by atoms with Crippen LogP contribution in [-0.4, -0.2) is 62.8 Å². The van der Waals surface area contributed by atoms with Crippen molar-refractivity contribution >= 4 is 30.7 Å². The molecular formula is C20H33Cl2N3O3. The Balaban J connectivity index is 0.00000196. The fourth-order valence-electron chi connectivity index (χ4n) is 3.72. The Morgan fingerprint density at radius 3 is 2.54 bits per heavy atom. The van der Waals surface area contributed by atoms with E-state index in [2.05, 4.69) is 27.7 Å². The van der Waals surface area contributed by atoms with Crippen LogP contribution in [-0.2, 0) is 16.1 Å². The third-order valence-corrected chi connectivity index (χ3v) is 5.44. The summed E-state index contributed by atoms with van der Waals surface area (Å²) in [5, 5.41) is 6.36. The van der Waals surface area contributed by atoms with Gasteiger partial charge in [-0.3, -0.25) is 9.69 Å². The molecule has 0 unspecified atom stereocenters. The highest BCUT2D eigenvalue weighted by Gasteiger charge is 2.29. The molecule has 0 aliphatic carbocycles. The number of carbonyl (C=O) groups is 1. The maximum Gasteiger partial charge on any atom is 0.239 e. The summed E-state index contributed by atoms with van der Waals surface area (Å²) in [5.74, 6) is 1.53. The molecule has 1 aromatic rings. The number of amides is 1. The van der Waals surface area contributed by atoms with Crippen molar-refractivity contribution in [1.29, 1.82) is 0 Å². The van der Waals surface area contributed by atoms with Gasteiger partial charge >= 0.3 is 0 Å². The summed E-state index contributed by atoms with van der Waals surface area (Å²) >= 11 is 0. The van der Waals surface area contributed by atoms with E-state index >= 15 is 0 Å². The first kappa shape index (κ1) is 25.0. The average molecular weight is 434 g/mol. The number of carbonyl (C=O) groups excluding carboxylic acids is 1. The van der Waals surface area contributed by atoms with Gasteiger partial charge in [0, 0.05) is 19.6 Å². The van der Waals surface area contributed by atoms with Crippen molar-refractivity contribution in [3.05, 3.63) is 29.8 Å². The van der Waals surface area contributed by atoms with Crippen LogP contribution >= 0.6 is 24.8 Å². The quantitative estimate of drug-likeness (QED) is 0.719. The second kappa shape index (κ2) is 12.5. The van der Waals surface area contributed by atoms with E-state index in [-0.39, 0.29) is 42.9 Å². The zero-order valence-corrected chi connectivity index (χ0v) is 18.3. The molecule has 0 saturated carbocycles. The van der Waals surface area contributed by atoms with E-state index in [9.17, 15) is 4.79 Å². The smallest absolute Gasteiger partial charge is 0.239 e. The number of hydrogen-bond acceptors (Lipinski definition) is 5. The number of rotatable bonds is 6. The first-order valence-corrected chi connectivity index (χ1v) is 9.63. The minimum Gasteiger partial charge on any atom is -0.497 e. The first-order valence-electron chi connectivity index (χ1n) is 9.63. The van der Waals surface area contributed by atoms with Gasteiger partial charge in [-0.05, 0) is 56.5 Å². The van der Waals surface area contributed by atoms with Gasteiger partial charge in [0.15, 0.2) is 0 Å². The van der Waals surface area contributed by atoms with Gasteiger partial charge in [-0.15, -0.1) is 24.8 Å². The number of halogens is 2. The lowest BCUT2D eigenvalue weighted by molar-refractivity contribution is -0.129. The third-order valence-electron chi connectivity index (χ3n) is 5.44. The number of nitrogens with one attached hydrogen (secondary N) is 2. The summed E-state index contributed by atoms with van der Waals surface area (Å²) in [6.07, 6.45) is 2.19. The minimum absolute atomic E-state index is 0. The molecule has 6 nitrogen and oxygen atoms in total. The van der Waals surface area contributed by atoms with E-state index in [1.54, 1.807) is 7.11 Å². The lowest BCUT2D eigenvalue weighted by Gasteiger charge is -2.33. The van der Waals surface area contributed by atoms with Gasteiger partial charge in [0.25, 0.3) is 0 Å². The Morgan fingerprint density at radius 1 is 1.25 bits per heavy atom. The average Bonchev–Trinajstić information content (AvgIpc) is 2.68. The van der Waals surface area contributed by atoms with E-state index < -0.39 is 0 Å². The number of methoxy groups -OCH3 is 1. The predicted molar refractivity (Wildman–Crippen MR) is 116 cm³/mol. The number of benzene rings is 1. The van der Waals surface area contributed by atoms with Crippen molar-refractivity contribution < 1.29 is 14.3 Å². The zero-order chi connectivity index (χ0) is 18.4. The summed E-state index contributed by atoms with van der Waals surface area (Å²) in [5.41, 5.74) is 1.31. The van der Waals surface area contributed by atoms with E-state index in [1.165, 1.54) is 5.56 Å². The second-order valence-electron chi connectivity index (χ2n) is 7.32. The highest BCUT2D eigenvalue weighted by molar-refractivity contribution is 5.85. The normalized spacial score (nSPS) is 23.2. The summed E-state index contributed by atoms with van der Waals surface area (Å²) < 4.78 is 10.8. The van der Waals surface area contributed by atoms with E-state index in [4.69, 9.17) is 9.47 Å². The van der Waals surface area contributed by atoms with Gasteiger partial charge in [-0.1, -0.05) is 12.1 Å². The zero-order valence-electron chi connectivity index (χ0n) is 16.7. The molecule has 3 rings (SSSR count). The molecule has 2 saturated heterocycles. The molecule has 0 spiro atoms. The molecular weight excluding hydrogens is 401 g/mol. The van der Waals surface area contributed by atoms with Crippen LogP contribution in [0.5, 0.6) is 5.75 Å². The highest BCUT2D eigenvalue weighted by Crippen LogP contribution is 2.20. The highest BCUT2D eigenvalue weighted by atomic mass is 35.5. The van der Waals surface area contributed by atoms with Gasteiger partial charge in [0.1, 0.15) is 11.8 Å². The van der Waals surface area contributed by atoms with Crippen molar-refractivity contribution in [1.82, 2.24) is 15.5 Å². The van der Waals surface area contributed by atoms with Crippen molar-refractivity contribution in [2.45, 2.75) is 38.5 Å². The van der Waals surface area contributed by atoms with Crippen LogP contribution in [0.4, 0.5) is 0 Å². The van der Waals surface area contributed by atoms with Gasteiger partial charge in [0.05, 0.1) is 19.8 Å². The first-order chi connectivity index (χ1) is 12.7. The minimum atomic E-state index is -0.223. The molecule has 2 atom stereocenters. The summed E-state index contributed by atoms with van der Waals surface area (Å²) in [7, 11) is 1.69. The topological polar surface area (TPSA) is 62.8 Å². The molecule has 2 aliphatic heterocycles. The molecule has 0 aromatic heterocycles. The molecule has 0 radical (unpaired) electrons. The lowest BCUT2D eigenvalue weighted by Crippen LogP contribution is -2.56. The summed E-state index contributed by atoms with van der Waals surface area (Å²) in [6, 6.07) is 8.07. The van der Waals surface area contributed by atoms with Crippen LogP contribution in [0.25, 0.3) is 0 Å². The SMILES string of the molecule is COc1ccc(CN2CCC(CNC(=O)[C@H]3NCCO[C@@H]3C)CC2)cc1.Cl.Cl. The number of ether oxygens (including phenoxy) is 2.